The van der Waals surface area contributed by atoms with E-state index in [0.29, 0.717) is 6.10 Å². The lowest BCUT2D eigenvalue weighted by Crippen LogP contribution is -2.41. The number of hydrogen-bond acceptors (Lipinski definition) is 3. The fourth-order valence-corrected chi connectivity index (χ4v) is 2.56. The highest BCUT2D eigenvalue weighted by molar-refractivity contribution is 5.79. The summed E-state index contributed by atoms with van der Waals surface area (Å²) in [6.45, 7) is 2.61. The zero-order valence-electron chi connectivity index (χ0n) is 13.6. The number of methoxy groups -OCH3 is 1. The van der Waals surface area contributed by atoms with E-state index in [1.165, 1.54) is 12.0 Å². The van der Waals surface area contributed by atoms with Crippen LogP contribution < -0.4 is 15.4 Å². The Kier molecular flexibility index (Phi) is 7.03. The molecule has 0 aromatic heterocycles. The quantitative estimate of drug-likeness (QED) is 0.459. The third-order valence-electron chi connectivity index (χ3n) is 3.81. The zero-order valence-corrected chi connectivity index (χ0v) is 13.6. The summed E-state index contributed by atoms with van der Waals surface area (Å²) in [5.41, 5.74) is 1.29. The Hall–Kier alpha value is -1.75. The molecule has 2 N–H and O–H groups in total. The lowest BCUT2D eigenvalue weighted by molar-refractivity contribution is 0.114. The maximum absolute atomic E-state index is 5.60. The Bertz CT molecular complexity index is 471. The molecule has 1 aromatic rings. The molecule has 0 saturated carbocycles. The highest BCUT2D eigenvalue weighted by Crippen LogP contribution is 2.13. The highest BCUT2D eigenvalue weighted by Gasteiger charge is 2.15. The molecule has 1 fully saturated rings. The lowest BCUT2D eigenvalue weighted by atomic mass is 10.1. The molecule has 2 rings (SSSR count). The average Bonchev–Trinajstić information content (AvgIpc) is 3.08. The second kappa shape index (κ2) is 9.30. The molecule has 1 saturated heterocycles. The molecule has 0 amide bonds. The van der Waals surface area contributed by atoms with E-state index in [1.807, 2.05) is 12.1 Å². The first-order chi connectivity index (χ1) is 10.8. The van der Waals surface area contributed by atoms with Gasteiger partial charge in [-0.1, -0.05) is 12.1 Å². The van der Waals surface area contributed by atoms with Crippen molar-refractivity contribution in [3.63, 3.8) is 0 Å². The fourth-order valence-electron chi connectivity index (χ4n) is 2.56. The van der Waals surface area contributed by atoms with E-state index >= 15 is 0 Å². The van der Waals surface area contributed by atoms with Crippen molar-refractivity contribution in [2.45, 2.75) is 31.8 Å². The summed E-state index contributed by atoms with van der Waals surface area (Å²) in [4.78, 5) is 4.24. The number of hydrogen-bond donors (Lipinski definition) is 2. The van der Waals surface area contributed by atoms with Gasteiger partial charge < -0.3 is 20.1 Å². The van der Waals surface area contributed by atoms with Gasteiger partial charge in [0.25, 0.3) is 0 Å². The number of benzene rings is 1. The van der Waals surface area contributed by atoms with Crippen molar-refractivity contribution in [3.05, 3.63) is 29.8 Å². The van der Waals surface area contributed by atoms with E-state index < -0.39 is 0 Å². The number of guanidine groups is 1. The van der Waals surface area contributed by atoms with Gasteiger partial charge in [-0.15, -0.1) is 0 Å². The molecule has 22 heavy (non-hydrogen) atoms. The van der Waals surface area contributed by atoms with Crippen molar-refractivity contribution in [1.29, 1.82) is 0 Å². The Labute approximate surface area is 133 Å². The van der Waals surface area contributed by atoms with Crippen LogP contribution in [0.15, 0.2) is 29.3 Å². The van der Waals surface area contributed by atoms with Crippen molar-refractivity contribution in [3.8, 4) is 5.75 Å². The van der Waals surface area contributed by atoms with Gasteiger partial charge in [-0.2, -0.15) is 0 Å². The summed E-state index contributed by atoms with van der Waals surface area (Å²) < 4.78 is 10.8. The molecule has 0 radical (unpaired) electrons. The third kappa shape index (κ3) is 5.56. The van der Waals surface area contributed by atoms with Crippen molar-refractivity contribution < 1.29 is 9.47 Å². The number of nitrogens with one attached hydrogen (secondary N) is 2. The molecule has 1 heterocycles. The number of aryl methyl sites for hydroxylation is 1. The SMILES string of the molecule is CN=C(NCCCc1cccc(OC)c1)NCC1CCCO1. The van der Waals surface area contributed by atoms with Gasteiger partial charge in [0.15, 0.2) is 5.96 Å². The summed E-state index contributed by atoms with van der Waals surface area (Å²) in [5.74, 6) is 1.76. The van der Waals surface area contributed by atoms with Gasteiger partial charge >= 0.3 is 0 Å². The van der Waals surface area contributed by atoms with Crippen LogP contribution in [-0.2, 0) is 11.2 Å². The monoisotopic (exact) mass is 305 g/mol. The molecular formula is C17H27N3O2. The largest absolute Gasteiger partial charge is 0.497 e. The molecule has 5 nitrogen and oxygen atoms in total. The van der Waals surface area contributed by atoms with Crippen LogP contribution in [-0.4, -0.2) is 45.9 Å². The maximum atomic E-state index is 5.60. The molecule has 1 aliphatic heterocycles. The van der Waals surface area contributed by atoms with Gasteiger partial charge in [-0.25, -0.2) is 0 Å². The number of aliphatic imine (C=N–C) groups is 1. The third-order valence-corrected chi connectivity index (χ3v) is 3.81. The summed E-state index contributed by atoms with van der Waals surface area (Å²) in [7, 11) is 3.50. The second-order valence-electron chi connectivity index (χ2n) is 5.47. The van der Waals surface area contributed by atoms with Crippen LogP contribution >= 0.6 is 0 Å². The molecule has 0 aliphatic carbocycles. The topological polar surface area (TPSA) is 54.9 Å². The van der Waals surface area contributed by atoms with Crippen molar-refractivity contribution in [2.24, 2.45) is 4.99 Å². The molecule has 5 heteroatoms. The minimum Gasteiger partial charge on any atom is -0.497 e. The van der Waals surface area contributed by atoms with Crippen molar-refractivity contribution in [2.75, 3.05) is 33.9 Å². The number of ether oxygens (including phenoxy) is 2. The zero-order chi connectivity index (χ0) is 15.6. The van der Waals surface area contributed by atoms with Gasteiger partial charge in [-0.3, -0.25) is 4.99 Å². The van der Waals surface area contributed by atoms with E-state index in [4.69, 9.17) is 9.47 Å². The van der Waals surface area contributed by atoms with Gasteiger partial charge in [0.1, 0.15) is 5.75 Å². The second-order valence-corrected chi connectivity index (χ2v) is 5.47. The standard InChI is InChI=1S/C17H27N3O2/c1-18-17(20-13-16-9-5-11-22-16)19-10-4-7-14-6-3-8-15(12-14)21-2/h3,6,8,12,16H,4-5,7,9-11,13H2,1-2H3,(H2,18,19,20). The molecular weight excluding hydrogens is 278 g/mol. The predicted octanol–water partition coefficient (Wildman–Crippen LogP) is 1.97. The van der Waals surface area contributed by atoms with E-state index in [2.05, 4.69) is 27.8 Å². The summed E-state index contributed by atoms with van der Waals surface area (Å²) in [6.07, 6.45) is 4.70. The molecule has 1 aromatic carbocycles. The summed E-state index contributed by atoms with van der Waals surface area (Å²) >= 11 is 0. The summed E-state index contributed by atoms with van der Waals surface area (Å²) in [6, 6.07) is 8.22. The van der Waals surface area contributed by atoms with Crippen LogP contribution in [0.1, 0.15) is 24.8 Å². The van der Waals surface area contributed by atoms with Gasteiger partial charge in [0.2, 0.25) is 0 Å². The Morgan fingerprint density at radius 1 is 1.41 bits per heavy atom. The molecule has 1 unspecified atom stereocenters. The van der Waals surface area contributed by atoms with E-state index in [1.54, 1.807) is 14.2 Å². The lowest BCUT2D eigenvalue weighted by Gasteiger charge is -2.15. The smallest absolute Gasteiger partial charge is 0.191 e. The van der Waals surface area contributed by atoms with Crippen LogP contribution in [0, 0.1) is 0 Å². The molecule has 1 aliphatic rings. The van der Waals surface area contributed by atoms with Crippen molar-refractivity contribution in [1.82, 2.24) is 10.6 Å². The first-order valence-electron chi connectivity index (χ1n) is 8.01. The average molecular weight is 305 g/mol. The molecule has 0 bridgehead atoms. The normalized spacial score (nSPS) is 18.3. The minimum absolute atomic E-state index is 0.329. The minimum atomic E-state index is 0.329. The van der Waals surface area contributed by atoms with Crippen LogP contribution in [0.25, 0.3) is 0 Å². The number of nitrogens with zero attached hydrogens (tertiary/aromatic N) is 1. The van der Waals surface area contributed by atoms with Crippen LogP contribution in [0.3, 0.4) is 0 Å². The Balaban J connectivity index is 1.63. The fraction of sp³-hybridized carbons (Fsp3) is 0.588. The molecule has 122 valence electrons. The van der Waals surface area contributed by atoms with E-state index in [0.717, 1.165) is 50.7 Å². The van der Waals surface area contributed by atoms with Crippen LogP contribution in [0.4, 0.5) is 0 Å². The Morgan fingerprint density at radius 3 is 3.05 bits per heavy atom. The molecule has 0 spiro atoms. The number of rotatable bonds is 7. The maximum Gasteiger partial charge on any atom is 0.191 e. The first-order valence-corrected chi connectivity index (χ1v) is 8.01. The van der Waals surface area contributed by atoms with Crippen molar-refractivity contribution >= 4 is 5.96 Å². The summed E-state index contributed by atoms with van der Waals surface area (Å²) in [5, 5.41) is 6.67. The van der Waals surface area contributed by atoms with Crippen LogP contribution in [0.5, 0.6) is 5.75 Å². The van der Waals surface area contributed by atoms with E-state index in [9.17, 15) is 0 Å². The van der Waals surface area contributed by atoms with Crippen LogP contribution in [0.2, 0.25) is 0 Å². The van der Waals surface area contributed by atoms with Gasteiger partial charge in [0.05, 0.1) is 13.2 Å². The molecule has 1 atom stereocenters. The van der Waals surface area contributed by atoms with Gasteiger partial charge in [0, 0.05) is 26.7 Å². The predicted molar refractivity (Wildman–Crippen MR) is 89.7 cm³/mol. The van der Waals surface area contributed by atoms with E-state index in [-0.39, 0.29) is 0 Å². The first kappa shape index (κ1) is 16.6. The van der Waals surface area contributed by atoms with Gasteiger partial charge in [-0.05, 0) is 43.4 Å². The highest BCUT2D eigenvalue weighted by atomic mass is 16.5. The Morgan fingerprint density at radius 2 is 2.32 bits per heavy atom.